The van der Waals surface area contributed by atoms with E-state index in [0.29, 0.717) is 30.5 Å². The Morgan fingerprint density at radius 2 is 2.17 bits per heavy atom. The molecule has 0 aliphatic heterocycles. The van der Waals surface area contributed by atoms with Crippen LogP contribution in [0.4, 0.5) is 10.1 Å². The second-order valence-corrected chi connectivity index (χ2v) is 7.25. The van der Waals surface area contributed by atoms with E-state index in [1.807, 2.05) is 24.3 Å². The summed E-state index contributed by atoms with van der Waals surface area (Å²) in [5.74, 6) is 1.26. The SMILES string of the molecule is C=C(CCF)C(=O)N(CCCCCC#N)c1cccc(-c2nc(C3CC3)no2)c1. The van der Waals surface area contributed by atoms with E-state index in [9.17, 15) is 9.18 Å². The molecule has 1 aliphatic carbocycles. The number of carbonyl (C=O) groups is 1. The summed E-state index contributed by atoms with van der Waals surface area (Å²) in [6.45, 7) is 3.59. The van der Waals surface area contributed by atoms with Crippen molar-refractivity contribution in [1.29, 1.82) is 5.26 Å². The maximum atomic E-state index is 12.9. The lowest BCUT2D eigenvalue weighted by atomic mass is 10.1. The highest BCUT2D eigenvalue weighted by Gasteiger charge is 2.29. The number of aromatic nitrogens is 2. The van der Waals surface area contributed by atoms with Crippen molar-refractivity contribution in [2.75, 3.05) is 18.1 Å². The molecule has 7 heteroatoms. The molecule has 2 aromatic rings. The number of nitriles is 1. The lowest BCUT2D eigenvalue weighted by Crippen LogP contribution is -2.33. The molecule has 0 spiro atoms. The maximum absolute atomic E-state index is 12.9. The van der Waals surface area contributed by atoms with E-state index in [0.717, 1.165) is 43.5 Å². The first-order valence-corrected chi connectivity index (χ1v) is 10.0. The summed E-state index contributed by atoms with van der Waals surface area (Å²) in [5, 5.41) is 12.7. The summed E-state index contributed by atoms with van der Waals surface area (Å²) >= 11 is 0. The van der Waals surface area contributed by atoms with Crippen molar-refractivity contribution in [3.63, 3.8) is 0 Å². The van der Waals surface area contributed by atoms with E-state index in [-0.39, 0.29) is 17.9 Å². The largest absolute Gasteiger partial charge is 0.334 e. The standard InChI is InChI=1S/C22H25FN4O2/c1-16(11-12-23)22(28)27(14-5-3-2-4-13-24)19-8-6-7-18(15-19)21-25-20(26-29-21)17-9-10-17/h6-8,15,17H,1-5,9-12,14H2. The van der Waals surface area contributed by atoms with Gasteiger partial charge in [-0.25, -0.2) is 0 Å². The third-order valence-electron chi connectivity index (χ3n) is 4.90. The first kappa shape index (κ1) is 20.7. The average molecular weight is 396 g/mol. The van der Waals surface area contributed by atoms with E-state index in [1.54, 1.807) is 4.90 Å². The van der Waals surface area contributed by atoms with Crippen LogP contribution in [0, 0.1) is 11.3 Å². The number of rotatable bonds is 11. The lowest BCUT2D eigenvalue weighted by Gasteiger charge is -2.24. The highest BCUT2D eigenvalue weighted by atomic mass is 19.1. The molecular weight excluding hydrogens is 371 g/mol. The molecule has 6 nitrogen and oxygen atoms in total. The normalized spacial score (nSPS) is 13.1. The molecule has 1 aromatic carbocycles. The molecule has 0 unspecified atom stereocenters. The number of alkyl halides is 1. The minimum Gasteiger partial charge on any atom is -0.334 e. The molecule has 1 heterocycles. The van der Waals surface area contributed by atoms with Crippen molar-refractivity contribution < 1.29 is 13.7 Å². The fourth-order valence-electron chi connectivity index (χ4n) is 3.08. The lowest BCUT2D eigenvalue weighted by molar-refractivity contribution is -0.115. The fourth-order valence-corrected chi connectivity index (χ4v) is 3.08. The number of halogens is 1. The summed E-state index contributed by atoms with van der Waals surface area (Å²) < 4.78 is 18.1. The topological polar surface area (TPSA) is 83.0 Å². The summed E-state index contributed by atoms with van der Waals surface area (Å²) in [7, 11) is 0. The van der Waals surface area contributed by atoms with Gasteiger partial charge >= 0.3 is 0 Å². The minimum atomic E-state index is -0.619. The van der Waals surface area contributed by atoms with E-state index in [2.05, 4.69) is 22.8 Å². The Hall–Kier alpha value is -3.01. The van der Waals surface area contributed by atoms with Crippen molar-refractivity contribution in [3.8, 4) is 17.5 Å². The minimum absolute atomic E-state index is 0.0118. The van der Waals surface area contributed by atoms with Gasteiger partial charge in [-0.3, -0.25) is 9.18 Å². The van der Waals surface area contributed by atoms with Crippen LogP contribution in [0.25, 0.3) is 11.5 Å². The van der Waals surface area contributed by atoms with Crippen LogP contribution in [0.1, 0.15) is 56.7 Å². The Morgan fingerprint density at radius 3 is 2.90 bits per heavy atom. The Labute approximate surface area is 170 Å². The molecular formula is C22H25FN4O2. The van der Waals surface area contributed by atoms with Crippen LogP contribution in [0.3, 0.4) is 0 Å². The molecule has 0 atom stereocenters. The number of carbonyl (C=O) groups excluding carboxylic acids is 1. The van der Waals surface area contributed by atoms with Crippen LogP contribution < -0.4 is 4.90 Å². The van der Waals surface area contributed by atoms with Gasteiger partial charge in [-0.05, 0) is 43.9 Å². The van der Waals surface area contributed by atoms with Crippen molar-refractivity contribution in [1.82, 2.24) is 10.1 Å². The second-order valence-electron chi connectivity index (χ2n) is 7.25. The van der Waals surface area contributed by atoms with Gasteiger partial charge in [0.1, 0.15) is 0 Å². The van der Waals surface area contributed by atoms with Gasteiger partial charge in [0.25, 0.3) is 11.8 Å². The maximum Gasteiger partial charge on any atom is 0.258 e. The van der Waals surface area contributed by atoms with Crippen LogP contribution in [-0.4, -0.2) is 29.3 Å². The van der Waals surface area contributed by atoms with Gasteiger partial charge in [0.15, 0.2) is 5.82 Å². The zero-order chi connectivity index (χ0) is 20.6. The van der Waals surface area contributed by atoms with Gasteiger partial charge in [0.2, 0.25) is 0 Å². The smallest absolute Gasteiger partial charge is 0.258 e. The van der Waals surface area contributed by atoms with Crippen molar-refractivity contribution >= 4 is 11.6 Å². The Kier molecular flexibility index (Phi) is 7.12. The quantitative estimate of drug-likeness (QED) is 0.396. The van der Waals surface area contributed by atoms with Crippen molar-refractivity contribution in [2.45, 2.75) is 50.9 Å². The predicted molar refractivity (Wildman–Crippen MR) is 108 cm³/mol. The number of anilines is 1. The number of nitrogens with zero attached hydrogens (tertiary/aromatic N) is 4. The third kappa shape index (κ3) is 5.50. The highest BCUT2D eigenvalue weighted by molar-refractivity contribution is 6.05. The van der Waals surface area contributed by atoms with E-state index in [4.69, 9.17) is 9.78 Å². The first-order valence-electron chi connectivity index (χ1n) is 10.0. The van der Waals surface area contributed by atoms with Crippen LogP contribution in [-0.2, 0) is 4.79 Å². The van der Waals surface area contributed by atoms with Crippen LogP contribution >= 0.6 is 0 Å². The van der Waals surface area contributed by atoms with Crippen LogP contribution in [0.15, 0.2) is 40.9 Å². The van der Waals surface area contributed by atoms with Crippen molar-refractivity contribution in [3.05, 3.63) is 42.2 Å². The fraction of sp³-hybridized carbons (Fsp3) is 0.455. The van der Waals surface area contributed by atoms with Crippen LogP contribution in [0.5, 0.6) is 0 Å². The molecule has 1 aromatic heterocycles. The Balaban J connectivity index is 1.78. The van der Waals surface area contributed by atoms with Gasteiger partial charge in [0, 0.05) is 42.1 Å². The zero-order valence-electron chi connectivity index (χ0n) is 16.4. The van der Waals surface area contributed by atoms with Gasteiger partial charge in [-0.15, -0.1) is 0 Å². The molecule has 0 bridgehead atoms. The number of benzene rings is 1. The second kappa shape index (κ2) is 9.97. The summed E-state index contributed by atoms with van der Waals surface area (Å²) in [4.78, 5) is 18.9. The van der Waals surface area contributed by atoms with Crippen LogP contribution in [0.2, 0.25) is 0 Å². The summed E-state index contributed by atoms with van der Waals surface area (Å²) in [6, 6.07) is 9.48. The molecule has 0 saturated heterocycles. The summed E-state index contributed by atoms with van der Waals surface area (Å²) in [5.41, 5.74) is 1.66. The number of unbranched alkanes of at least 4 members (excludes halogenated alkanes) is 3. The van der Waals surface area contributed by atoms with E-state index < -0.39 is 6.67 Å². The molecule has 29 heavy (non-hydrogen) atoms. The van der Waals surface area contributed by atoms with E-state index in [1.165, 1.54) is 0 Å². The predicted octanol–water partition coefficient (Wildman–Crippen LogP) is 4.95. The van der Waals surface area contributed by atoms with Gasteiger partial charge < -0.3 is 9.42 Å². The molecule has 1 fully saturated rings. The average Bonchev–Trinajstić information content (AvgIpc) is 3.47. The number of amides is 1. The number of hydrogen-bond donors (Lipinski definition) is 0. The first-order chi connectivity index (χ1) is 14.1. The Morgan fingerprint density at radius 1 is 1.34 bits per heavy atom. The molecule has 1 amide bonds. The monoisotopic (exact) mass is 396 g/mol. The highest BCUT2D eigenvalue weighted by Crippen LogP contribution is 2.39. The molecule has 0 radical (unpaired) electrons. The van der Waals surface area contributed by atoms with Gasteiger partial charge in [0.05, 0.1) is 12.7 Å². The molecule has 0 N–H and O–H groups in total. The molecule has 152 valence electrons. The Bertz CT molecular complexity index is 898. The van der Waals surface area contributed by atoms with Crippen molar-refractivity contribution in [2.24, 2.45) is 0 Å². The zero-order valence-corrected chi connectivity index (χ0v) is 16.4. The summed E-state index contributed by atoms with van der Waals surface area (Å²) in [6.07, 6.45) is 5.05. The van der Waals surface area contributed by atoms with E-state index >= 15 is 0 Å². The van der Waals surface area contributed by atoms with Gasteiger partial charge in [-0.1, -0.05) is 24.2 Å². The number of hydrogen-bond acceptors (Lipinski definition) is 5. The molecule has 1 saturated carbocycles. The third-order valence-corrected chi connectivity index (χ3v) is 4.90. The van der Waals surface area contributed by atoms with Gasteiger partial charge in [-0.2, -0.15) is 10.2 Å². The molecule has 1 aliphatic rings. The molecule has 3 rings (SSSR count).